The highest BCUT2D eigenvalue weighted by atomic mass is 16.5. The first kappa shape index (κ1) is 11.9. The van der Waals surface area contributed by atoms with Crippen molar-refractivity contribution in [2.24, 2.45) is 0 Å². The molecule has 0 amide bonds. The van der Waals surface area contributed by atoms with Crippen molar-refractivity contribution in [3.05, 3.63) is 23.3 Å². The summed E-state index contributed by atoms with van der Waals surface area (Å²) >= 11 is 0. The van der Waals surface area contributed by atoms with Crippen molar-refractivity contribution >= 4 is 11.7 Å². The molecule has 0 aromatic heterocycles. The number of rotatable bonds is 3. The molecule has 0 spiro atoms. The molecule has 0 aliphatic heterocycles. The van der Waals surface area contributed by atoms with Gasteiger partial charge in [0.1, 0.15) is 17.4 Å². The van der Waals surface area contributed by atoms with E-state index in [1.54, 1.807) is 13.0 Å². The van der Waals surface area contributed by atoms with Crippen LogP contribution in [-0.4, -0.2) is 19.7 Å². The minimum absolute atomic E-state index is 0.0518. The number of nitriles is 1. The van der Waals surface area contributed by atoms with Crippen molar-refractivity contribution in [3.63, 3.8) is 0 Å². The van der Waals surface area contributed by atoms with E-state index in [0.717, 1.165) is 0 Å². The van der Waals surface area contributed by atoms with E-state index in [1.165, 1.54) is 13.2 Å². The zero-order valence-corrected chi connectivity index (χ0v) is 9.11. The maximum Gasteiger partial charge on any atom is 0.341 e. The molecule has 16 heavy (non-hydrogen) atoms. The van der Waals surface area contributed by atoms with Crippen LogP contribution in [-0.2, 0) is 4.74 Å². The van der Waals surface area contributed by atoms with Crippen molar-refractivity contribution in [3.8, 4) is 11.8 Å². The van der Waals surface area contributed by atoms with E-state index >= 15 is 0 Å². The highest BCUT2D eigenvalue weighted by Gasteiger charge is 2.19. The second-order valence-corrected chi connectivity index (χ2v) is 2.94. The first-order chi connectivity index (χ1) is 7.65. The van der Waals surface area contributed by atoms with E-state index in [9.17, 15) is 4.79 Å². The topological polar surface area (TPSA) is 85.3 Å². The Morgan fingerprint density at radius 2 is 2.25 bits per heavy atom. The lowest BCUT2D eigenvalue weighted by Crippen LogP contribution is -2.10. The van der Waals surface area contributed by atoms with Crippen molar-refractivity contribution in [1.82, 2.24) is 0 Å². The first-order valence-corrected chi connectivity index (χ1v) is 4.69. The molecule has 5 nitrogen and oxygen atoms in total. The van der Waals surface area contributed by atoms with Crippen LogP contribution in [0.5, 0.6) is 5.75 Å². The molecule has 0 unspecified atom stereocenters. The average Bonchev–Trinajstić information content (AvgIpc) is 2.30. The monoisotopic (exact) mass is 220 g/mol. The molecule has 0 aliphatic carbocycles. The fourth-order valence-corrected chi connectivity index (χ4v) is 1.30. The fraction of sp³-hybridized carbons (Fsp3) is 0.273. The lowest BCUT2D eigenvalue weighted by Gasteiger charge is -2.11. The SMILES string of the molecule is CCOc1ccc(C#N)c(C(=O)OC)c1N. The Morgan fingerprint density at radius 1 is 1.56 bits per heavy atom. The highest BCUT2D eigenvalue weighted by Crippen LogP contribution is 2.28. The molecule has 0 fully saturated rings. The Morgan fingerprint density at radius 3 is 2.75 bits per heavy atom. The van der Waals surface area contributed by atoms with Crippen LogP contribution >= 0.6 is 0 Å². The van der Waals surface area contributed by atoms with Crippen LogP contribution in [0.3, 0.4) is 0 Å². The van der Waals surface area contributed by atoms with Gasteiger partial charge in [0, 0.05) is 0 Å². The van der Waals surface area contributed by atoms with E-state index < -0.39 is 5.97 Å². The number of nitrogens with two attached hydrogens (primary N) is 1. The first-order valence-electron chi connectivity index (χ1n) is 4.69. The zero-order valence-electron chi connectivity index (χ0n) is 9.11. The fourth-order valence-electron chi connectivity index (χ4n) is 1.30. The zero-order chi connectivity index (χ0) is 12.1. The van der Waals surface area contributed by atoms with Gasteiger partial charge >= 0.3 is 5.97 Å². The summed E-state index contributed by atoms with van der Waals surface area (Å²) in [6.07, 6.45) is 0. The van der Waals surface area contributed by atoms with Crippen LogP contribution in [0.4, 0.5) is 5.69 Å². The molecular weight excluding hydrogens is 208 g/mol. The summed E-state index contributed by atoms with van der Waals surface area (Å²) in [5.41, 5.74) is 6.10. The van der Waals surface area contributed by atoms with E-state index in [1.807, 2.05) is 6.07 Å². The van der Waals surface area contributed by atoms with Crippen LogP contribution in [0.25, 0.3) is 0 Å². The number of methoxy groups -OCH3 is 1. The third kappa shape index (κ3) is 2.06. The van der Waals surface area contributed by atoms with E-state index in [4.69, 9.17) is 15.7 Å². The van der Waals surface area contributed by atoms with Crippen LogP contribution < -0.4 is 10.5 Å². The maximum atomic E-state index is 11.5. The molecule has 2 N–H and O–H groups in total. The summed E-state index contributed by atoms with van der Waals surface area (Å²) in [6.45, 7) is 2.23. The van der Waals surface area contributed by atoms with Crippen LogP contribution in [0, 0.1) is 11.3 Å². The van der Waals surface area contributed by atoms with Gasteiger partial charge in [-0.3, -0.25) is 0 Å². The maximum absolute atomic E-state index is 11.5. The lowest BCUT2D eigenvalue weighted by molar-refractivity contribution is 0.0601. The molecule has 0 atom stereocenters. The predicted molar refractivity (Wildman–Crippen MR) is 58.1 cm³/mol. The van der Waals surface area contributed by atoms with Gasteiger partial charge in [-0.05, 0) is 19.1 Å². The third-order valence-corrected chi connectivity index (χ3v) is 2.02. The Bertz CT molecular complexity index is 449. The smallest absolute Gasteiger partial charge is 0.341 e. The largest absolute Gasteiger partial charge is 0.492 e. The van der Waals surface area contributed by atoms with E-state index in [-0.39, 0.29) is 16.8 Å². The number of benzene rings is 1. The average molecular weight is 220 g/mol. The minimum Gasteiger partial charge on any atom is -0.492 e. The molecule has 1 aromatic rings. The van der Waals surface area contributed by atoms with Crippen molar-refractivity contribution in [2.45, 2.75) is 6.92 Å². The molecule has 84 valence electrons. The second kappa shape index (κ2) is 5.03. The van der Waals surface area contributed by atoms with E-state index in [2.05, 4.69) is 4.74 Å². The number of carbonyl (C=O) groups excluding carboxylic acids is 1. The van der Waals surface area contributed by atoms with Gasteiger partial charge in [-0.15, -0.1) is 0 Å². The van der Waals surface area contributed by atoms with Gasteiger partial charge in [-0.25, -0.2) is 4.79 Å². The van der Waals surface area contributed by atoms with Gasteiger partial charge in [0.25, 0.3) is 0 Å². The Kier molecular flexibility index (Phi) is 3.72. The summed E-state index contributed by atoms with van der Waals surface area (Å²) in [5.74, 6) is -0.266. The molecule has 1 rings (SSSR count). The summed E-state index contributed by atoms with van der Waals surface area (Å²) in [7, 11) is 1.23. The van der Waals surface area contributed by atoms with Crippen LogP contribution in [0.15, 0.2) is 12.1 Å². The summed E-state index contributed by atoms with van der Waals surface area (Å²) < 4.78 is 9.80. The minimum atomic E-state index is -0.643. The van der Waals surface area contributed by atoms with Crippen molar-refractivity contribution in [2.75, 3.05) is 19.5 Å². The standard InChI is InChI=1S/C11H12N2O3/c1-3-16-8-5-4-7(6-12)9(10(8)13)11(14)15-2/h4-5H,3,13H2,1-2H3. The second-order valence-electron chi connectivity index (χ2n) is 2.94. The lowest BCUT2D eigenvalue weighted by atomic mass is 10.1. The molecule has 0 radical (unpaired) electrons. The number of nitrogens with zero attached hydrogens (tertiary/aromatic N) is 1. The van der Waals surface area contributed by atoms with Gasteiger partial charge in [0.15, 0.2) is 0 Å². The molecular formula is C11H12N2O3. The number of carbonyl (C=O) groups is 1. The summed E-state index contributed by atoms with van der Waals surface area (Å²) in [4.78, 5) is 11.5. The predicted octanol–water partition coefficient (Wildman–Crippen LogP) is 1.33. The van der Waals surface area contributed by atoms with E-state index in [0.29, 0.717) is 12.4 Å². The van der Waals surface area contributed by atoms with Gasteiger partial charge in [-0.1, -0.05) is 0 Å². The normalized spacial score (nSPS) is 9.31. The van der Waals surface area contributed by atoms with Gasteiger partial charge in [0.2, 0.25) is 0 Å². The summed E-state index contributed by atoms with van der Waals surface area (Å²) in [5, 5.41) is 8.85. The van der Waals surface area contributed by atoms with Gasteiger partial charge in [-0.2, -0.15) is 5.26 Å². The van der Waals surface area contributed by atoms with Crippen molar-refractivity contribution in [1.29, 1.82) is 5.26 Å². The number of esters is 1. The third-order valence-electron chi connectivity index (χ3n) is 2.02. The quantitative estimate of drug-likeness (QED) is 0.613. The molecule has 0 saturated carbocycles. The van der Waals surface area contributed by atoms with Gasteiger partial charge in [0.05, 0.1) is 25.0 Å². The molecule has 0 saturated heterocycles. The summed E-state index contributed by atoms with van der Waals surface area (Å²) in [6, 6.07) is 4.92. The number of anilines is 1. The number of nitrogen functional groups attached to an aromatic ring is 1. The molecule has 5 heteroatoms. The van der Waals surface area contributed by atoms with Crippen molar-refractivity contribution < 1.29 is 14.3 Å². The Hall–Kier alpha value is -2.22. The number of hydrogen-bond acceptors (Lipinski definition) is 5. The van der Waals surface area contributed by atoms with Crippen LogP contribution in [0.2, 0.25) is 0 Å². The molecule has 0 aliphatic rings. The molecule has 1 aromatic carbocycles. The Balaban J connectivity index is 3.35. The molecule has 0 bridgehead atoms. The molecule has 0 heterocycles. The Labute approximate surface area is 93.4 Å². The number of hydrogen-bond donors (Lipinski definition) is 1. The van der Waals surface area contributed by atoms with Gasteiger partial charge < -0.3 is 15.2 Å². The van der Waals surface area contributed by atoms with Crippen LogP contribution in [0.1, 0.15) is 22.8 Å². The number of ether oxygens (including phenoxy) is 2. The highest BCUT2D eigenvalue weighted by molar-refractivity contribution is 5.99.